The van der Waals surface area contributed by atoms with E-state index in [2.05, 4.69) is 0 Å². The van der Waals surface area contributed by atoms with Crippen LogP contribution in [-0.2, 0) is 0 Å². The van der Waals surface area contributed by atoms with Gasteiger partial charge >= 0.3 is 0 Å². The summed E-state index contributed by atoms with van der Waals surface area (Å²) in [6.07, 6.45) is 1.03. The Morgan fingerprint density at radius 1 is 1.33 bits per heavy atom. The maximum absolute atomic E-state index is 12.6. The molecule has 0 radical (unpaired) electrons. The van der Waals surface area contributed by atoms with Gasteiger partial charge in [-0.2, -0.15) is 0 Å². The van der Waals surface area contributed by atoms with Crippen LogP contribution in [0.15, 0.2) is 24.3 Å². The Balaban J connectivity index is 2.58. The second-order valence-corrected chi connectivity index (χ2v) is 4.42. The van der Waals surface area contributed by atoms with Crippen molar-refractivity contribution in [2.45, 2.75) is 32.2 Å². The minimum atomic E-state index is -0.338. The highest BCUT2D eigenvalue weighted by atomic mass is 19.1. The summed E-state index contributed by atoms with van der Waals surface area (Å²) in [4.78, 5) is 11.6. The minimum absolute atomic E-state index is 0.00789. The largest absolute Gasteiger partial charge is 0.326 e. The Kier molecular flexibility index (Phi) is 3.58. The fourth-order valence-electron chi connectivity index (χ4n) is 1.22. The molecule has 0 aliphatic carbocycles. The van der Waals surface area contributed by atoms with E-state index in [1.807, 2.05) is 13.8 Å². The molecule has 3 heteroatoms. The second-order valence-electron chi connectivity index (χ2n) is 4.42. The van der Waals surface area contributed by atoms with E-state index in [4.69, 9.17) is 5.73 Å². The number of halogens is 1. The first-order chi connectivity index (χ1) is 6.88. The molecule has 1 aromatic carbocycles. The van der Waals surface area contributed by atoms with E-state index in [0.29, 0.717) is 18.4 Å². The highest BCUT2D eigenvalue weighted by Gasteiger charge is 2.14. The number of carbonyl (C=O) groups is 1. The van der Waals surface area contributed by atoms with Crippen molar-refractivity contribution in [2.75, 3.05) is 0 Å². The van der Waals surface area contributed by atoms with Crippen LogP contribution in [0.4, 0.5) is 4.39 Å². The Hall–Kier alpha value is -1.22. The van der Waals surface area contributed by atoms with Gasteiger partial charge in [0.1, 0.15) is 5.82 Å². The molecule has 0 aliphatic heterocycles. The summed E-state index contributed by atoms with van der Waals surface area (Å²) >= 11 is 0. The Morgan fingerprint density at radius 3 is 2.33 bits per heavy atom. The number of ketones is 1. The molecule has 0 unspecified atom stereocenters. The van der Waals surface area contributed by atoms with Crippen LogP contribution in [0.2, 0.25) is 0 Å². The average Bonchev–Trinajstić information content (AvgIpc) is 2.14. The molecule has 0 saturated heterocycles. The van der Waals surface area contributed by atoms with E-state index < -0.39 is 0 Å². The van der Waals surface area contributed by atoms with E-state index in [1.54, 1.807) is 0 Å². The summed E-state index contributed by atoms with van der Waals surface area (Å²) < 4.78 is 12.6. The predicted molar refractivity (Wildman–Crippen MR) is 58.2 cm³/mol. The third kappa shape index (κ3) is 4.21. The van der Waals surface area contributed by atoms with Crippen molar-refractivity contribution in [1.82, 2.24) is 0 Å². The predicted octanol–water partition coefficient (Wildman–Crippen LogP) is 2.53. The quantitative estimate of drug-likeness (QED) is 0.774. The number of hydrogen-bond acceptors (Lipinski definition) is 2. The Bertz CT molecular complexity index is 338. The lowest BCUT2D eigenvalue weighted by Crippen LogP contribution is -2.32. The lowest BCUT2D eigenvalue weighted by molar-refractivity contribution is 0.0972. The third-order valence-corrected chi connectivity index (χ3v) is 2.16. The first-order valence-electron chi connectivity index (χ1n) is 4.96. The monoisotopic (exact) mass is 209 g/mol. The van der Waals surface area contributed by atoms with Crippen LogP contribution in [0.5, 0.6) is 0 Å². The van der Waals surface area contributed by atoms with Gasteiger partial charge in [0.15, 0.2) is 5.78 Å². The molecule has 0 atom stereocenters. The van der Waals surface area contributed by atoms with Crippen LogP contribution in [0.1, 0.15) is 37.0 Å². The molecule has 0 heterocycles. The molecule has 0 aliphatic rings. The van der Waals surface area contributed by atoms with Crippen LogP contribution in [0.25, 0.3) is 0 Å². The van der Waals surface area contributed by atoms with E-state index in [9.17, 15) is 9.18 Å². The van der Waals surface area contributed by atoms with Crippen LogP contribution < -0.4 is 5.73 Å². The van der Waals surface area contributed by atoms with Gasteiger partial charge in [-0.3, -0.25) is 4.79 Å². The van der Waals surface area contributed by atoms with Crippen molar-refractivity contribution in [2.24, 2.45) is 5.73 Å². The van der Waals surface area contributed by atoms with Gasteiger partial charge in [0.05, 0.1) is 0 Å². The van der Waals surface area contributed by atoms with Gasteiger partial charge in [0.25, 0.3) is 0 Å². The number of Topliss-reactive ketones (excluding diaryl/α,β-unsaturated/α-hetero) is 1. The zero-order valence-corrected chi connectivity index (χ0v) is 9.09. The van der Waals surface area contributed by atoms with Crippen molar-refractivity contribution in [3.8, 4) is 0 Å². The fourth-order valence-corrected chi connectivity index (χ4v) is 1.22. The number of carbonyl (C=O) groups excluding carboxylic acids is 1. The molecule has 1 rings (SSSR count). The first-order valence-corrected chi connectivity index (χ1v) is 4.96. The molecule has 0 amide bonds. The number of rotatable bonds is 4. The van der Waals surface area contributed by atoms with E-state index in [0.717, 1.165) is 0 Å². The zero-order valence-electron chi connectivity index (χ0n) is 9.09. The van der Waals surface area contributed by atoms with Crippen LogP contribution in [0.3, 0.4) is 0 Å². The Morgan fingerprint density at radius 2 is 1.87 bits per heavy atom. The summed E-state index contributed by atoms with van der Waals surface area (Å²) in [7, 11) is 0. The van der Waals surface area contributed by atoms with Gasteiger partial charge in [-0.25, -0.2) is 4.39 Å². The fraction of sp³-hybridized carbons (Fsp3) is 0.417. The van der Waals surface area contributed by atoms with E-state index >= 15 is 0 Å². The van der Waals surface area contributed by atoms with Gasteiger partial charge in [-0.1, -0.05) is 0 Å². The lowest BCUT2D eigenvalue weighted by Gasteiger charge is -2.17. The smallest absolute Gasteiger partial charge is 0.162 e. The van der Waals surface area contributed by atoms with Crippen LogP contribution >= 0.6 is 0 Å². The van der Waals surface area contributed by atoms with Crippen molar-refractivity contribution >= 4 is 5.78 Å². The van der Waals surface area contributed by atoms with Gasteiger partial charge in [0, 0.05) is 17.5 Å². The highest BCUT2D eigenvalue weighted by Crippen LogP contribution is 2.12. The molecule has 0 fully saturated rings. The van der Waals surface area contributed by atoms with Crippen molar-refractivity contribution < 1.29 is 9.18 Å². The molecule has 0 bridgehead atoms. The van der Waals surface area contributed by atoms with Crippen molar-refractivity contribution in [3.63, 3.8) is 0 Å². The SMILES string of the molecule is CC(C)(N)CCC(=O)c1ccc(F)cc1. The standard InChI is InChI=1S/C12H16FNO/c1-12(2,14)8-7-11(15)9-3-5-10(13)6-4-9/h3-6H,7-8,14H2,1-2H3. The summed E-state index contributed by atoms with van der Waals surface area (Å²) in [6.45, 7) is 3.76. The van der Waals surface area contributed by atoms with E-state index in [-0.39, 0.29) is 17.1 Å². The number of nitrogens with two attached hydrogens (primary N) is 1. The molecule has 0 saturated carbocycles. The molecule has 1 aromatic rings. The molecule has 0 spiro atoms. The van der Waals surface area contributed by atoms with Gasteiger partial charge in [-0.15, -0.1) is 0 Å². The normalized spacial score (nSPS) is 11.5. The minimum Gasteiger partial charge on any atom is -0.326 e. The lowest BCUT2D eigenvalue weighted by atomic mass is 9.96. The van der Waals surface area contributed by atoms with Gasteiger partial charge < -0.3 is 5.73 Å². The number of benzene rings is 1. The van der Waals surface area contributed by atoms with Crippen LogP contribution in [0, 0.1) is 5.82 Å². The van der Waals surface area contributed by atoms with Crippen molar-refractivity contribution in [3.05, 3.63) is 35.6 Å². The first kappa shape index (κ1) is 11.9. The molecule has 2 N–H and O–H groups in total. The summed E-state index contributed by atoms with van der Waals surface area (Å²) in [5.74, 6) is -0.320. The highest BCUT2D eigenvalue weighted by molar-refractivity contribution is 5.96. The topological polar surface area (TPSA) is 43.1 Å². The summed E-state index contributed by atoms with van der Waals surface area (Å²) in [6, 6.07) is 5.59. The van der Waals surface area contributed by atoms with Crippen LogP contribution in [-0.4, -0.2) is 11.3 Å². The average molecular weight is 209 g/mol. The molecule has 0 aromatic heterocycles. The summed E-state index contributed by atoms with van der Waals surface area (Å²) in [5.41, 5.74) is 5.98. The Labute approximate surface area is 89.3 Å². The summed E-state index contributed by atoms with van der Waals surface area (Å²) in [5, 5.41) is 0. The molecule has 82 valence electrons. The second kappa shape index (κ2) is 4.53. The molecular weight excluding hydrogens is 193 g/mol. The van der Waals surface area contributed by atoms with Gasteiger partial charge in [0.2, 0.25) is 0 Å². The van der Waals surface area contributed by atoms with E-state index in [1.165, 1.54) is 24.3 Å². The third-order valence-electron chi connectivity index (χ3n) is 2.16. The maximum Gasteiger partial charge on any atom is 0.162 e. The van der Waals surface area contributed by atoms with Gasteiger partial charge in [-0.05, 0) is 44.5 Å². The molecule has 2 nitrogen and oxygen atoms in total. The molecular formula is C12H16FNO. The van der Waals surface area contributed by atoms with Crippen molar-refractivity contribution in [1.29, 1.82) is 0 Å². The number of hydrogen-bond donors (Lipinski definition) is 1. The molecule has 15 heavy (non-hydrogen) atoms. The maximum atomic E-state index is 12.6. The zero-order chi connectivity index (χ0) is 11.5.